The molecule has 0 saturated carbocycles. The molecule has 2 aromatic rings. The highest BCUT2D eigenvalue weighted by Crippen LogP contribution is 2.16. The zero-order valence-corrected chi connectivity index (χ0v) is 13.3. The van der Waals surface area contributed by atoms with E-state index < -0.39 is 38.0 Å². The Balaban J connectivity index is 2.09. The minimum absolute atomic E-state index is 0.194. The standard InChI is InChI=1S/C14H15F2N3O3S/c1-18(7-10-6-17-19(2)8-10)14(20)9-23(21,22)11-3-4-12(15)13(16)5-11/h3-6,8H,7,9H2,1-2H3. The van der Waals surface area contributed by atoms with Crippen LogP contribution in [0, 0.1) is 11.6 Å². The fourth-order valence-electron chi connectivity index (χ4n) is 1.94. The fraction of sp³-hybridized carbons (Fsp3) is 0.286. The van der Waals surface area contributed by atoms with Crippen LogP contribution in [0.1, 0.15) is 5.56 Å². The third-order valence-electron chi connectivity index (χ3n) is 3.17. The minimum atomic E-state index is -4.05. The number of aryl methyl sites for hydroxylation is 1. The first-order chi connectivity index (χ1) is 10.7. The van der Waals surface area contributed by atoms with Crippen molar-refractivity contribution in [3.05, 3.63) is 47.8 Å². The van der Waals surface area contributed by atoms with Crippen molar-refractivity contribution in [2.75, 3.05) is 12.8 Å². The Morgan fingerprint density at radius 2 is 2.00 bits per heavy atom. The number of nitrogens with zero attached hydrogens (tertiary/aromatic N) is 3. The van der Waals surface area contributed by atoms with Crippen LogP contribution in [0.3, 0.4) is 0 Å². The first kappa shape index (κ1) is 17.1. The van der Waals surface area contributed by atoms with E-state index in [0.717, 1.165) is 11.6 Å². The lowest BCUT2D eigenvalue weighted by atomic mass is 10.3. The van der Waals surface area contributed by atoms with E-state index in [2.05, 4.69) is 5.10 Å². The molecule has 1 amide bonds. The molecule has 0 saturated heterocycles. The second-order valence-electron chi connectivity index (χ2n) is 5.11. The SMILES string of the molecule is CN(Cc1cnn(C)c1)C(=O)CS(=O)(=O)c1ccc(F)c(F)c1. The molecule has 9 heteroatoms. The summed E-state index contributed by atoms with van der Waals surface area (Å²) in [5, 5.41) is 3.95. The van der Waals surface area contributed by atoms with Crippen molar-refractivity contribution in [1.82, 2.24) is 14.7 Å². The Bertz CT molecular complexity index is 834. The van der Waals surface area contributed by atoms with E-state index in [1.807, 2.05) is 0 Å². The van der Waals surface area contributed by atoms with Crippen LogP contribution in [0.5, 0.6) is 0 Å². The number of aromatic nitrogens is 2. The Kier molecular flexibility index (Phi) is 4.79. The molecule has 0 spiro atoms. The summed E-state index contributed by atoms with van der Waals surface area (Å²) in [6.45, 7) is 0.194. The van der Waals surface area contributed by atoms with Crippen LogP contribution >= 0.6 is 0 Å². The summed E-state index contributed by atoms with van der Waals surface area (Å²) < 4.78 is 51.8. The quantitative estimate of drug-likeness (QED) is 0.763. The maximum absolute atomic E-state index is 13.2. The third kappa shape index (κ3) is 4.13. The average Bonchev–Trinajstić information content (AvgIpc) is 2.86. The molecule has 0 unspecified atom stereocenters. The molecule has 2 rings (SSSR count). The number of amides is 1. The molecule has 0 N–H and O–H groups in total. The Labute approximate surface area is 132 Å². The lowest BCUT2D eigenvalue weighted by Gasteiger charge is -2.16. The molecule has 6 nitrogen and oxygen atoms in total. The molecule has 23 heavy (non-hydrogen) atoms. The van der Waals surface area contributed by atoms with Gasteiger partial charge in [0.15, 0.2) is 21.5 Å². The lowest BCUT2D eigenvalue weighted by molar-refractivity contribution is -0.127. The van der Waals surface area contributed by atoms with Crippen molar-refractivity contribution < 1.29 is 22.0 Å². The molecule has 0 bridgehead atoms. The van der Waals surface area contributed by atoms with E-state index in [4.69, 9.17) is 0 Å². The van der Waals surface area contributed by atoms with Crippen molar-refractivity contribution in [1.29, 1.82) is 0 Å². The summed E-state index contributed by atoms with van der Waals surface area (Å²) in [6, 6.07) is 2.22. The van der Waals surface area contributed by atoms with Gasteiger partial charge in [-0.25, -0.2) is 17.2 Å². The van der Waals surface area contributed by atoms with Gasteiger partial charge in [0.2, 0.25) is 5.91 Å². The van der Waals surface area contributed by atoms with Crippen molar-refractivity contribution >= 4 is 15.7 Å². The van der Waals surface area contributed by atoms with Crippen LogP contribution in [0.25, 0.3) is 0 Å². The van der Waals surface area contributed by atoms with Crippen molar-refractivity contribution in [3.63, 3.8) is 0 Å². The van der Waals surface area contributed by atoms with Gasteiger partial charge in [-0.3, -0.25) is 9.48 Å². The second kappa shape index (κ2) is 6.45. The first-order valence-electron chi connectivity index (χ1n) is 6.58. The van der Waals surface area contributed by atoms with E-state index in [1.165, 1.54) is 11.9 Å². The molecule has 1 aromatic carbocycles. The summed E-state index contributed by atoms with van der Waals surface area (Å²) in [5.41, 5.74) is 0.744. The smallest absolute Gasteiger partial charge is 0.238 e. The van der Waals surface area contributed by atoms with Gasteiger partial charge in [0.25, 0.3) is 0 Å². The number of hydrogen-bond acceptors (Lipinski definition) is 4. The van der Waals surface area contributed by atoms with E-state index in [-0.39, 0.29) is 6.54 Å². The predicted octanol–water partition coefficient (Wildman–Crippen LogP) is 1.13. The summed E-state index contributed by atoms with van der Waals surface area (Å²) in [5.74, 6) is -3.90. The molecule has 124 valence electrons. The number of rotatable bonds is 5. The van der Waals surface area contributed by atoms with Crippen molar-refractivity contribution in [3.8, 4) is 0 Å². The summed E-state index contributed by atoms with van der Waals surface area (Å²) in [7, 11) is -0.874. The van der Waals surface area contributed by atoms with Crippen LogP contribution in [-0.2, 0) is 28.2 Å². The first-order valence-corrected chi connectivity index (χ1v) is 8.23. The van der Waals surface area contributed by atoms with Gasteiger partial charge in [-0.1, -0.05) is 0 Å². The number of halogens is 2. The van der Waals surface area contributed by atoms with Gasteiger partial charge < -0.3 is 4.90 Å². The van der Waals surface area contributed by atoms with E-state index in [9.17, 15) is 22.0 Å². The second-order valence-corrected chi connectivity index (χ2v) is 7.10. The van der Waals surface area contributed by atoms with Crippen LogP contribution in [0.4, 0.5) is 8.78 Å². The monoisotopic (exact) mass is 343 g/mol. The van der Waals surface area contributed by atoms with Crippen LogP contribution in [0.2, 0.25) is 0 Å². The van der Waals surface area contributed by atoms with Gasteiger partial charge >= 0.3 is 0 Å². The molecule has 0 fully saturated rings. The molecular weight excluding hydrogens is 328 g/mol. The Hall–Kier alpha value is -2.29. The van der Waals surface area contributed by atoms with Crippen molar-refractivity contribution in [2.24, 2.45) is 7.05 Å². The molecule has 0 radical (unpaired) electrons. The molecule has 0 aliphatic rings. The van der Waals surface area contributed by atoms with Gasteiger partial charge in [0, 0.05) is 32.4 Å². The summed E-state index contributed by atoms with van der Waals surface area (Å²) >= 11 is 0. The fourth-order valence-corrected chi connectivity index (χ4v) is 3.21. The molecule has 0 aliphatic carbocycles. The molecule has 1 aromatic heterocycles. The Morgan fingerprint density at radius 3 is 2.57 bits per heavy atom. The largest absolute Gasteiger partial charge is 0.340 e. The predicted molar refractivity (Wildman–Crippen MR) is 78.1 cm³/mol. The highest BCUT2D eigenvalue weighted by molar-refractivity contribution is 7.92. The minimum Gasteiger partial charge on any atom is -0.340 e. The van der Waals surface area contributed by atoms with E-state index >= 15 is 0 Å². The number of carbonyl (C=O) groups is 1. The van der Waals surface area contributed by atoms with Crippen LogP contribution in [-0.4, -0.2) is 41.8 Å². The topological polar surface area (TPSA) is 72.3 Å². The van der Waals surface area contributed by atoms with Gasteiger partial charge in [-0.05, 0) is 18.2 Å². The highest BCUT2D eigenvalue weighted by Gasteiger charge is 2.23. The maximum atomic E-state index is 13.2. The number of carbonyl (C=O) groups excluding carboxylic acids is 1. The third-order valence-corrected chi connectivity index (χ3v) is 4.77. The van der Waals surface area contributed by atoms with Crippen LogP contribution < -0.4 is 0 Å². The van der Waals surface area contributed by atoms with Gasteiger partial charge in [-0.15, -0.1) is 0 Å². The molecular formula is C14H15F2N3O3S. The zero-order valence-electron chi connectivity index (χ0n) is 12.5. The van der Waals surface area contributed by atoms with Crippen LogP contribution in [0.15, 0.2) is 35.5 Å². The maximum Gasteiger partial charge on any atom is 0.238 e. The molecule has 1 heterocycles. The summed E-state index contributed by atoms with van der Waals surface area (Å²) in [4.78, 5) is 12.8. The highest BCUT2D eigenvalue weighted by atomic mass is 32.2. The lowest BCUT2D eigenvalue weighted by Crippen LogP contribution is -2.32. The number of benzene rings is 1. The average molecular weight is 343 g/mol. The Morgan fingerprint density at radius 1 is 1.30 bits per heavy atom. The molecule has 0 aliphatic heterocycles. The zero-order chi connectivity index (χ0) is 17.2. The molecule has 0 atom stereocenters. The summed E-state index contributed by atoms with van der Waals surface area (Å²) in [6.07, 6.45) is 3.27. The number of sulfone groups is 1. The van der Waals surface area contributed by atoms with E-state index in [0.29, 0.717) is 12.1 Å². The van der Waals surface area contributed by atoms with Crippen molar-refractivity contribution in [2.45, 2.75) is 11.4 Å². The van der Waals surface area contributed by atoms with E-state index in [1.54, 1.807) is 24.1 Å². The van der Waals surface area contributed by atoms with Gasteiger partial charge in [0.05, 0.1) is 11.1 Å². The normalized spacial score (nSPS) is 11.5. The number of hydrogen-bond donors (Lipinski definition) is 0. The van der Waals surface area contributed by atoms with Gasteiger partial charge in [-0.2, -0.15) is 5.10 Å². The van der Waals surface area contributed by atoms with Gasteiger partial charge in [0.1, 0.15) is 5.75 Å².